The molecule has 1 N–H and O–H groups in total. The van der Waals surface area contributed by atoms with Gasteiger partial charge in [-0.05, 0) is 48.2 Å². The third-order valence-electron chi connectivity index (χ3n) is 2.49. The van der Waals surface area contributed by atoms with Gasteiger partial charge in [-0.3, -0.25) is 0 Å². The van der Waals surface area contributed by atoms with Crippen LogP contribution in [0, 0.1) is 5.82 Å². The summed E-state index contributed by atoms with van der Waals surface area (Å²) in [6.07, 6.45) is 2.03. The number of thioether (sulfide) groups is 1. The van der Waals surface area contributed by atoms with Crippen molar-refractivity contribution in [3.8, 4) is 0 Å². The van der Waals surface area contributed by atoms with Gasteiger partial charge in [-0.25, -0.2) is 4.39 Å². The second-order valence-corrected chi connectivity index (χ2v) is 5.18. The van der Waals surface area contributed by atoms with Crippen molar-refractivity contribution in [2.45, 2.75) is 11.4 Å². The number of halogens is 2. The van der Waals surface area contributed by atoms with Crippen molar-refractivity contribution < 1.29 is 4.39 Å². The van der Waals surface area contributed by atoms with E-state index < -0.39 is 0 Å². The first kappa shape index (κ1) is 13.2. The Morgan fingerprint density at radius 1 is 1.22 bits per heavy atom. The first-order valence-electron chi connectivity index (χ1n) is 5.50. The molecule has 18 heavy (non-hydrogen) atoms. The van der Waals surface area contributed by atoms with Crippen molar-refractivity contribution in [1.29, 1.82) is 0 Å². The van der Waals surface area contributed by atoms with E-state index in [9.17, 15) is 4.39 Å². The maximum Gasteiger partial charge on any atom is 0.125 e. The average molecular weight is 282 g/mol. The van der Waals surface area contributed by atoms with Crippen molar-refractivity contribution in [2.75, 3.05) is 11.6 Å². The topological polar surface area (TPSA) is 12.0 Å². The summed E-state index contributed by atoms with van der Waals surface area (Å²) < 4.78 is 13.2. The van der Waals surface area contributed by atoms with E-state index in [1.165, 1.54) is 17.0 Å². The Kier molecular flexibility index (Phi) is 4.50. The fourth-order valence-corrected chi connectivity index (χ4v) is 2.35. The van der Waals surface area contributed by atoms with Crippen molar-refractivity contribution in [3.63, 3.8) is 0 Å². The van der Waals surface area contributed by atoms with Crippen LogP contribution in [0.2, 0.25) is 5.02 Å². The molecule has 0 spiro atoms. The third kappa shape index (κ3) is 3.65. The van der Waals surface area contributed by atoms with Crippen molar-refractivity contribution in [3.05, 3.63) is 58.9 Å². The highest BCUT2D eigenvalue weighted by atomic mass is 35.5. The van der Waals surface area contributed by atoms with Crippen LogP contribution >= 0.6 is 23.4 Å². The van der Waals surface area contributed by atoms with Gasteiger partial charge in [0.05, 0.1) is 0 Å². The fraction of sp³-hybridized carbons (Fsp3) is 0.143. The van der Waals surface area contributed by atoms with Gasteiger partial charge in [0.1, 0.15) is 5.82 Å². The monoisotopic (exact) mass is 281 g/mol. The van der Waals surface area contributed by atoms with Crippen molar-refractivity contribution >= 4 is 29.1 Å². The summed E-state index contributed by atoms with van der Waals surface area (Å²) in [4.78, 5) is 1.19. The zero-order chi connectivity index (χ0) is 13.0. The lowest BCUT2D eigenvalue weighted by Gasteiger charge is -2.08. The summed E-state index contributed by atoms with van der Waals surface area (Å²) in [5, 5.41) is 3.67. The Labute approximate surface area is 115 Å². The predicted octanol–water partition coefficient (Wildman–Crippen LogP) is 4.81. The molecule has 94 valence electrons. The molecule has 1 nitrogen and oxygen atoms in total. The molecule has 4 heteroatoms. The van der Waals surface area contributed by atoms with Crippen LogP contribution in [0.5, 0.6) is 0 Å². The third-order valence-corrected chi connectivity index (χ3v) is 3.43. The molecule has 0 atom stereocenters. The van der Waals surface area contributed by atoms with Crippen LogP contribution in [-0.4, -0.2) is 6.26 Å². The SMILES string of the molecule is CSc1cccc(NCc2cc(F)cc(Cl)c2)c1. The summed E-state index contributed by atoms with van der Waals surface area (Å²) in [5.74, 6) is -0.308. The smallest absolute Gasteiger partial charge is 0.125 e. The van der Waals surface area contributed by atoms with Crippen LogP contribution < -0.4 is 5.32 Å². The zero-order valence-corrected chi connectivity index (χ0v) is 11.5. The van der Waals surface area contributed by atoms with E-state index in [0.717, 1.165) is 11.3 Å². The lowest BCUT2D eigenvalue weighted by atomic mass is 10.2. The van der Waals surface area contributed by atoms with Crippen LogP contribution in [0.4, 0.5) is 10.1 Å². The van der Waals surface area contributed by atoms with E-state index in [0.29, 0.717) is 11.6 Å². The van der Waals surface area contributed by atoms with E-state index in [4.69, 9.17) is 11.6 Å². The second kappa shape index (κ2) is 6.12. The summed E-state index contributed by atoms with van der Waals surface area (Å²) in [6.45, 7) is 0.551. The molecule has 0 aliphatic heterocycles. The van der Waals surface area contributed by atoms with E-state index in [-0.39, 0.29) is 5.82 Å². The van der Waals surface area contributed by atoms with Crippen molar-refractivity contribution in [1.82, 2.24) is 0 Å². The molecule has 0 saturated heterocycles. The van der Waals surface area contributed by atoms with Gasteiger partial charge in [0.25, 0.3) is 0 Å². The van der Waals surface area contributed by atoms with Crippen LogP contribution in [0.25, 0.3) is 0 Å². The average Bonchev–Trinajstić information content (AvgIpc) is 2.35. The largest absolute Gasteiger partial charge is 0.381 e. The molecular formula is C14H13ClFNS. The minimum absolute atomic E-state index is 0.308. The summed E-state index contributed by atoms with van der Waals surface area (Å²) in [5.41, 5.74) is 1.84. The van der Waals surface area contributed by atoms with Gasteiger partial charge in [0, 0.05) is 22.2 Å². The molecule has 0 heterocycles. The quantitative estimate of drug-likeness (QED) is 0.807. The van der Waals surface area contributed by atoms with Crippen LogP contribution in [0.1, 0.15) is 5.56 Å². The molecule has 0 saturated carbocycles. The number of nitrogens with one attached hydrogen (secondary N) is 1. The number of benzene rings is 2. The van der Waals surface area contributed by atoms with Gasteiger partial charge in [0.15, 0.2) is 0 Å². The lowest BCUT2D eigenvalue weighted by Crippen LogP contribution is -1.99. The zero-order valence-electron chi connectivity index (χ0n) is 9.91. The van der Waals surface area contributed by atoms with E-state index in [2.05, 4.69) is 17.4 Å². The van der Waals surface area contributed by atoms with Gasteiger partial charge in [0.2, 0.25) is 0 Å². The maximum absolute atomic E-state index is 13.2. The number of anilines is 1. The molecule has 2 aromatic carbocycles. The highest BCUT2D eigenvalue weighted by Gasteiger charge is 2.00. The summed E-state index contributed by atoms with van der Waals surface area (Å²) in [7, 11) is 0. The molecule has 2 aromatic rings. The minimum atomic E-state index is -0.308. The molecule has 0 fully saturated rings. The van der Waals surface area contributed by atoms with Crippen LogP contribution in [-0.2, 0) is 6.54 Å². The van der Waals surface area contributed by atoms with Gasteiger partial charge in [-0.15, -0.1) is 11.8 Å². The normalized spacial score (nSPS) is 10.4. The van der Waals surface area contributed by atoms with Gasteiger partial charge < -0.3 is 5.32 Å². The molecule has 2 rings (SSSR count). The predicted molar refractivity (Wildman–Crippen MR) is 77.0 cm³/mol. The Hall–Kier alpha value is -1.19. The molecular weight excluding hydrogens is 269 g/mol. The minimum Gasteiger partial charge on any atom is -0.381 e. The molecule has 0 aromatic heterocycles. The van der Waals surface area contributed by atoms with Crippen molar-refractivity contribution in [2.24, 2.45) is 0 Å². The Morgan fingerprint density at radius 3 is 2.78 bits per heavy atom. The summed E-state index contributed by atoms with van der Waals surface area (Å²) >= 11 is 7.50. The Bertz CT molecular complexity index is 525. The number of hydrogen-bond donors (Lipinski definition) is 1. The second-order valence-electron chi connectivity index (χ2n) is 3.86. The number of hydrogen-bond acceptors (Lipinski definition) is 2. The maximum atomic E-state index is 13.2. The van der Waals surface area contributed by atoms with Crippen LogP contribution in [0.15, 0.2) is 47.4 Å². The highest BCUT2D eigenvalue weighted by molar-refractivity contribution is 7.98. The molecule has 0 amide bonds. The molecule has 0 bridgehead atoms. The van der Waals surface area contributed by atoms with E-state index in [1.807, 2.05) is 18.4 Å². The van der Waals surface area contributed by atoms with E-state index in [1.54, 1.807) is 17.8 Å². The lowest BCUT2D eigenvalue weighted by molar-refractivity contribution is 0.626. The molecule has 0 aliphatic carbocycles. The van der Waals surface area contributed by atoms with E-state index >= 15 is 0 Å². The Balaban J connectivity index is 2.06. The van der Waals surface area contributed by atoms with Gasteiger partial charge in [-0.1, -0.05) is 17.7 Å². The summed E-state index contributed by atoms with van der Waals surface area (Å²) in [6, 6.07) is 12.6. The first-order valence-corrected chi connectivity index (χ1v) is 7.10. The van der Waals surface area contributed by atoms with Gasteiger partial charge in [-0.2, -0.15) is 0 Å². The molecule has 0 unspecified atom stereocenters. The highest BCUT2D eigenvalue weighted by Crippen LogP contribution is 2.20. The number of rotatable bonds is 4. The standard InChI is InChI=1S/C14H13ClFNS/c1-18-14-4-2-3-13(8-14)17-9-10-5-11(15)7-12(16)6-10/h2-8,17H,9H2,1H3. The fourth-order valence-electron chi connectivity index (χ4n) is 1.65. The molecule has 0 aliphatic rings. The van der Waals surface area contributed by atoms with Gasteiger partial charge >= 0.3 is 0 Å². The molecule has 0 radical (unpaired) electrons. The Morgan fingerprint density at radius 2 is 2.06 bits per heavy atom. The van der Waals surface area contributed by atoms with Crippen LogP contribution in [0.3, 0.4) is 0 Å². The first-order chi connectivity index (χ1) is 8.67.